The molecule has 160 valence electrons. The molecule has 2 N–H and O–H groups in total. The van der Waals surface area contributed by atoms with E-state index in [0.29, 0.717) is 17.9 Å². The van der Waals surface area contributed by atoms with Crippen molar-refractivity contribution in [3.05, 3.63) is 53.7 Å². The van der Waals surface area contributed by atoms with Crippen LogP contribution in [0.25, 0.3) is 0 Å². The number of nitrogens with one attached hydrogen (secondary N) is 2. The fraction of sp³-hybridized carbons (Fsp3) is 0.435. The first-order chi connectivity index (χ1) is 14.5. The fourth-order valence-electron chi connectivity index (χ4n) is 3.49. The number of hydrogen-bond acceptors (Lipinski definition) is 5. The summed E-state index contributed by atoms with van der Waals surface area (Å²) in [4.78, 5) is 32.1. The number of anilines is 1. The zero-order valence-corrected chi connectivity index (χ0v) is 17.9. The molecule has 1 unspecified atom stereocenters. The number of nitrogens with zero attached hydrogens (tertiary/aromatic N) is 2. The average molecular weight is 411 g/mol. The molecule has 2 aromatic rings. The molecule has 2 amide bonds. The fourth-order valence-corrected chi connectivity index (χ4v) is 3.49. The lowest BCUT2D eigenvalue weighted by Gasteiger charge is -2.22. The van der Waals surface area contributed by atoms with Crippen molar-refractivity contribution in [2.75, 3.05) is 25.1 Å². The van der Waals surface area contributed by atoms with E-state index in [1.54, 1.807) is 37.6 Å². The van der Waals surface area contributed by atoms with Crippen molar-refractivity contribution < 1.29 is 14.3 Å². The molecule has 2 heterocycles. The van der Waals surface area contributed by atoms with Gasteiger partial charge in [-0.05, 0) is 60.7 Å². The molecule has 1 aliphatic heterocycles. The molecule has 3 rings (SSSR count). The first kappa shape index (κ1) is 21.6. The SMILES string of the molecule is COc1ccc(C(=O)NC(C(=O)NCc2ccnc(N3CCCC3)c2)C(C)C)cc1. The minimum atomic E-state index is -0.625. The largest absolute Gasteiger partial charge is 0.497 e. The minimum absolute atomic E-state index is 0.0511. The van der Waals surface area contributed by atoms with E-state index in [1.807, 2.05) is 26.0 Å². The second kappa shape index (κ2) is 10.1. The van der Waals surface area contributed by atoms with E-state index in [4.69, 9.17) is 4.74 Å². The Bertz CT molecular complexity index is 861. The third-order valence-corrected chi connectivity index (χ3v) is 5.29. The zero-order chi connectivity index (χ0) is 21.5. The van der Waals surface area contributed by atoms with Gasteiger partial charge in [0.1, 0.15) is 17.6 Å². The van der Waals surface area contributed by atoms with Crippen LogP contribution in [0, 0.1) is 5.92 Å². The molecule has 0 spiro atoms. The molecule has 1 aromatic carbocycles. The second-order valence-electron chi connectivity index (χ2n) is 7.86. The van der Waals surface area contributed by atoms with E-state index in [9.17, 15) is 9.59 Å². The molecular formula is C23H30N4O3. The first-order valence-corrected chi connectivity index (χ1v) is 10.4. The molecule has 7 nitrogen and oxygen atoms in total. The maximum atomic E-state index is 12.8. The quantitative estimate of drug-likeness (QED) is 0.699. The number of benzene rings is 1. The standard InChI is InChI=1S/C23H30N4O3/c1-16(2)21(26-22(28)18-6-8-19(30-3)9-7-18)23(29)25-15-17-10-11-24-20(14-17)27-12-4-5-13-27/h6-11,14,16,21H,4-5,12-13,15H2,1-3H3,(H,25,29)(H,26,28). The second-order valence-corrected chi connectivity index (χ2v) is 7.86. The van der Waals surface area contributed by atoms with Crippen molar-refractivity contribution in [1.29, 1.82) is 0 Å². The van der Waals surface area contributed by atoms with Crippen molar-refractivity contribution in [3.8, 4) is 5.75 Å². The molecule has 30 heavy (non-hydrogen) atoms. The Kier molecular flexibility index (Phi) is 7.27. The lowest BCUT2D eigenvalue weighted by atomic mass is 10.0. The predicted octanol–water partition coefficient (Wildman–Crippen LogP) is 2.76. The Morgan fingerprint density at radius 3 is 2.47 bits per heavy atom. The van der Waals surface area contributed by atoms with Crippen LogP contribution in [0.5, 0.6) is 5.75 Å². The highest BCUT2D eigenvalue weighted by Gasteiger charge is 2.24. The molecule has 0 bridgehead atoms. The van der Waals surface area contributed by atoms with Gasteiger partial charge in [-0.3, -0.25) is 9.59 Å². The van der Waals surface area contributed by atoms with Gasteiger partial charge in [0.2, 0.25) is 5.91 Å². The summed E-state index contributed by atoms with van der Waals surface area (Å²) in [7, 11) is 1.57. The molecule has 0 saturated carbocycles. The van der Waals surface area contributed by atoms with Gasteiger partial charge in [0.25, 0.3) is 5.91 Å². The van der Waals surface area contributed by atoms with Crippen molar-refractivity contribution in [1.82, 2.24) is 15.6 Å². The van der Waals surface area contributed by atoms with Gasteiger partial charge in [-0.1, -0.05) is 13.8 Å². The summed E-state index contributed by atoms with van der Waals surface area (Å²) in [5.74, 6) is 1.09. The molecule has 1 aliphatic rings. The monoisotopic (exact) mass is 410 g/mol. The van der Waals surface area contributed by atoms with Crippen molar-refractivity contribution in [2.45, 2.75) is 39.3 Å². The zero-order valence-electron chi connectivity index (χ0n) is 17.9. The molecule has 1 saturated heterocycles. The number of hydrogen-bond donors (Lipinski definition) is 2. The normalized spacial score (nSPS) is 14.5. The molecule has 0 radical (unpaired) electrons. The molecular weight excluding hydrogens is 380 g/mol. The number of carbonyl (C=O) groups is 2. The third kappa shape index (κ3) is 5.49. The van der Waals surface area contributed by atoms with Crippen LogP contribution in [0.15, 0.2) is 42.6 Å². The highest BCUT2D eigenvalue weighted by atomic mass is 16.5. The highest BCUT2D eigenvalue weighted by molar-refractivity contribution is 5.97. The van der Waals surface area contributed by atoms with E-state index in [0.717, 1.165) is 24.5 Å². The van der Waals surface area contributed by atoms with E-state index >= 15 is 0 Å². The van der Waals surface area contributed by atoms with Gasteiger partial charge in [0, 0.05) is 31.4 Å². The van der Waals surface area contributed by atoms with E-state index in [1.165, 1.54) is 12.8 Å². The molecule has 0 aliphatic carbocycles. The Morgan fingerprint density at radius 1 is 1.13 bits per heavy atom. The van der Waals surface area contributed by atoms with Gasteiger partial charge in [-0.25, -0.2) is 4.98 Å². The molecule has 7 heteroatoms. The lowest BCUT2D eigenvalue weighted by molar-refractivity contribution is -0.124. The molecule has 1 fully saturated rings. The number of amides is 2. The van der Waals surface area contributed by atoms with Crippen LogP contribution in [-0.4, -0.2) is 43.0 Å². The first-order valence-electron chi connectivity index (χ1n) is 10.4. The predicted molar refractivity (Wildman–Crippen MR) is 117 cm³/mol. The lowest BCUT2D eigenvalue weighted by Crippen LogP contribution is -2.49. The Hall–Kier alpha value is -3.09. The van der Waals surface area contributed by atoms with Gasteiger partial charge in [-0.15, -0.1) is 0 Å². The number of rotatable bonds is 8. The smallest absolute Gasteiger partial charge is 0.251 e. The van der Waals surface area contributed by atoms with Crippen LogP contribution in [0.1, 0.15) is 42.6 Å². The van der Waals surface area contributed by atoms with Crippen LogP contribution < -0.4 is 20.3 Å². The topological polar surface area (TPSA) is 83.6 Å². The minimum Gasteiger partial charge on any atom is -0.497 e. The van der Waals surface area contributed by atoms with Gasteiger partial charge >= 0.3 is 0 Å². The molecule has 1 aromatic heterocycles. The number of aromatic nitrogens is 1. The number of methoxy groups -OCH3 is 1. The maximum Gasteiger partial charge on any atom is 0.251 e. The summed E-state index contributed by atoms with van der Waals surface area (Å²) < 4.78 is 5.12. The number of pyridine rings is 1. The number of ether oxygens (including phenoxy) is 1. The highest BCUT2D eigenvalue weighted by Crippen LogP contribution is 2.18. The van der Waals surface area contributed by atoms with E-state index in [2.05, 4.69) is 20.5 Å². The van der Waals surface area contributed by atoms with E-state index in [-0.39, 0.29) is 17.7 Å². The van der Waals surface area contributed by atoms with Gasteiger partial charge < -0.3 is 20.3 Å². The summed E-state index contributed by atoms with van der Waals surface area (Å²) in [5, 5.41) is 5.80. The van der Waals surface area contributed by atoms with Crippen LogP contribution in [0.4, 0.5) is 5.82 Å². The summed E-state index contributed by atoms with van der Waals surface area (Å²) in [6, 6.07) is 10.1. The Morgan fingerprint density at radius 2 is 1.83 bits per heavy atom. The van der Waals surface area contributed by atoms with Gasteiger partial charge in [0.05, 0.1) is 7.11 Å². The van der Waals surface area contributed by atoms with Crippen molar-refractivity contribution >= 4 is 17.6 Å². The summed E-state index contributed by atoms with van der Waals surface area (Å²) in [6.45, 7) is 6.27. The van der Waals surface area contributed by atoms with Crippen LogP contribution in [0.3, 0.4) is 0 Å². The third-order valence-electron chi connectivity index (χ3n) is 5.29. The Labute approximate surface area is 177 Å². The summed E-state index contributed by atoms with van der Waals surface area (Å²) in [5.41, 5.74) is 1.47. The average Bonchev–Trinajstić information content (AvgIpc) is 3.31. The number of carbonyl (C=O) groups excluding carboxylic acids is 2. The maximum absolute atomic E-state index is 12.8. The van der Waals surface area contributed by atoms with E-state index < -0.39 is 6.04 Å². The van der Waals surface area contributed by atoms with Crippen molar-refractivity contribution in [3.63, 3.8) is 0 Å². The van der Waals surface area contributed by atoms with Crippen LogP contribution in [0.2, 0.25) is 0 Å². The van der Waals surface area contributed by atoms with Crippen LogP contribution in [-0.2, 0) is 11.3 Å². The summed E-state index contributed by atoms with van der Waals surface area (Å²) in [6.07, 6.45) is 4.15. The van der Waals surface area contributed by atoms with Crippen LogP contribution >= 0.6 is 0 Å². The Balaban J connectivity index is 1.60. The molecule has 1 atom stereocenters. The van der Waals surface area contributed by atoms with Crippen molar-refractivity contribution in [2.24, 2.45) is 5.92 Å². The van der Waals surface area contributed by atoms with Gasteiger partial charge in [0.15, 0.2) is 0 Å². The van der Waals surface area contributed by atoms with Gasteiger partial charge in [-0.2, -0.15) is 0 Å². The summed E-state index contributed by atoms with van der Waals surface area (Å²) >= 11 is 0.